The van der Waals surface area contributed by atoms with Gasteiger partial charge in [-0.2, -0.15) is 0 Å². The van der Waals surface area contributed by atoms with Crippen LogP contribution in [0, 0.1) is 11.6 Å². The standard InChI is InChI=1S/C14H17BrF2O2/c1-4-14(5-2,19-6-3)13(18)11-10(16)8-7-9(15)12(11)17/h7-8H,4-6H2,1-3H3. The van der Waals surface area contributed by atoms with Gasteiger partial charge in [0.05, 0.1) is 10.0 Å². The van der Waals surface area contributed by atoms with Gasteiger partial charge in [-0.15, -0.1) is 0 Å². The van der Waals surface area contributed by atoms with Gasteiger partial charge in [-0.3, -0.25) is 4.79 Å². The summed E-state index contributed by atoms with van der Waals surface area (Å²) in [6.45, 7) is 5.60. The van der Waals surface area contributed by atoms with Gasteiger partial charge < -0.3 is 4.74 Å². The number of rotatable bonds is 6. The van der Waals surface area contributed by atoms with E-state index in [0.29, 0.717) is 19.4 Å². The van der Waals surface area contributed by atoms with Gasteiger partial charge in [-0.1, -0.05) is 13.8 Å². The van der Waals surface area contributed by atoms with E-state index in [9.17, 15) is 13.6 Å². The molecule has 0 N–H and O–H groups in total. The van der Waals surface area contributed by atoms with Crippen molar-refractivity contribution in [1.29, 1.82) is 0 Å². The largest absolute Gasteiger partial charge is 0.367 e. The summed E-state index contributed by atoms with van der Waals surface area (Å²) in [5, 5.41) is 0. The summed E-state index contributed by atoms with van der Waals surface area (Å²) >= 11 is 2.96. The van der Waals surface area contributed by atoms with Crippen LogP contribution in [0.2, 0.25) is 0 Å². The minimum absolute atomic E-state index is 0.0647. The highest BCUT2D eigenvalue weighted by atomic mass is 79.9. The second-order valence-corrected chi connectivity index (χ2v) is 5.04. The Kier molecular flexibility index (Phi) is 5.62. The third-order valence-corrected chi connectivity index (χ3v) is 3.86. The molecule has 1 aromatic rings. The van der Waals surface area contributed by atoms with E-state index in [-0.39, 0.29) is 4.47 Å². The number of ketones is 1. The maximum atomic E-state index is 14.0. The molecule has 0 unspecified atom stereocenters. The molecule has 0 aliphatic carbocycles. The van der Waals surface area contributed by atoms with Crippen molar-refractivity contribution in [3.05, 3.63) is 33.8 Å². The monoisotopic (exact) mass is 334 g/mol. The first-order valence-corrected chi connectivity index (χ1v) is 7.05. The molecule has 0 radical (unpaired) electrons. The fourth-order valence-electron chi connectivity index (χ4n) is 2.08. The number of benzene rings is 1. The maximum Gasteiger partial charge on any atom is 0.200 e. The lowest BCUT2D eigenvalue weighted by Gasteiger charge is -2.30. The molecule has 0 atom stereocenters. The smallest absolute Gasteiger partial charge is 0.200 e. The molecule has 5 heteroatoms. The number of Topliss-reactive ketones (excluding diaryl/α,β-unsaturated/α-hetero) is 1. The van der Waals surface area contributed by atoms with Crippen LogP contribution in [0.1, 0.15) is 44.0 Å². The summed E-state index contributed by atoms with van der Waals surface area (Å²) in [5.41, 5.74) is -1.71. The number of carbonyl (C=O) groups excluding carboxylic acids is 1. The van der Waals surface area contributed by atoms with Crippen molar-refractivity contribution in [3.63, 3.8) is 0 Å². The second-order valence-electron chi connectivity index (χ2n) is 4.18. The van der Waals surface area contributed by atoms with E-state index in [2.05, 4.69) is 15.9 Å². The Bertz CT molecular complexity index is 471. The highest BCUT2D eigenvalue weighted by Crippen LogP contribution is 2.30. The Labute approximate surface area is 120 Å². The topological polar surface area (TPSA) is 26.3 Å². The van der Waals surface area contributed by atoms with Gasteiger partial charge in [0, 0.05) is 6.61 Å². The summed E-state index contributed by atoms with van der Waals surface area (Å²) < 4.78 is 33.3. The van der Waals surface area contributed by atoms with Crippen LogP contribution >= 0.6 is 15.9 Å². The molecule has 0 amide bonds. The first-order chi connectivity index (χ1) is 8.93. The Morgan fingerprint density at radius 3 is 2.32 bits per heavy atom. The van der Waals surface area contributed by atoms with Crippen LogP contribution in [0.25, 0.3) is 0 Å². The van der Waals surface area contributed by atoms with Crippen molar-refractivity contribution < 1.29 is 18.3 Å². The number of carbonyl (C=O) groups is 1. The molecule has 0 aliphatic rings. The molecule has 2 nitrogen and oxygen atoms in total. The molecule has 19 heavy (non-hydrogen) atoms. The van der Waals surface area contributed by atoms with Gasteiger partial charge in [-0.05, 0) is 47.8 Å². The van der Waals surface area contributed by atoms with Crippen molar-refractivity contribution in [1.82, 2.24) is 0 Å². The molecule has 1 rings (SSSR count). The highest BCUT2D eigenvalue weighted by molar-refractivity contribution is 9.10. The van der Waals surface area contributed by atoms with Gasteiger partial charge >= 0.3 is 0 Å². The molecule has 0 saturated heterocycles. The van der Waals surface area contributed by atoms with E-state index < -0.39 is 28.6 Å². The predicted octanol–water partition coefficient (Wildman–Crippen LogP) is 4.51. The van der Waals surface area contributed by atoms with Crippen molar-refractivity contribution in [2.75, 3.05) is 6.61 Å². The number of halogens is 3. The molecular formula is C14H17BrF2O2. The van der Waals surface area contributed by atoms with Crippen LogP contribution in [0.3, 0.4) is 0 Å². The lowest BCUT2D eigenvalue weighted by molar-refractivity contribution is -0.0255. The van der Waals surface area contributed by atoms with Crippen LogP contribution in [0.4, 0.5) is 8.78 Å². The van der Waals surface area contributed by atoms with E-state index in [1.807, 2.05) is 0 Å². The zero-order valence-corrected chi connectivity index (χ0v) is 12.8. The summed E-state index contributed by atoms with van der Waals surface area (Å²) in [6.07, 6.45) is 0.725. The zero-order valence-electron chi connectivity index (χ0n) is 11.2. The first kappa shape index (κ1) is 16.2. The fraction of sp³-hybridized carbons (Fsp3) is 0.500. The zero-order chi connectivity index (χ0) is 14.6. The Morgan fingerprint density at radius 1 is 1.26 bits per heavy atom. The third kappa shape index (κ3) is 3.03. The van der Waals surface area contributed by atoms with Crippen molar-refractivity contribution in [2.24, 2.45) is 0 Å². The molecule has 1 aromatic carbocycles. The van der Waals surface area contributed by atoms with Crippen LogP contribution in [0.5, 0.6) is 0 Å². The molecule has 0 aromatic heterocycles. The summed E-state index contributed by atoms with van der Waals surface area (Å²) in [4.78, 5) is 12.5. The summed E-state index contributed by atoms with van der Waals surface area (Å²) in [6, 6.07) is 2.31. The molecule has 0 spiro atoms. The lowest BCUT2D eigenvalue weighted by atomic mass is 9.87. The Hall–Kier alpha value is -0.810. The van der Waals surface area contributed by atoms with Crippen LogP contribution < -0.4 is 0 Å². The molecule has 0 bridgehead atoms. The van der Waals surface area contributed by atoms with E-state index >= 15 is 0 Å². The highest BCUT2D eigenvalue weighted by Gasteiger charge is 2.39. The normalized spacial score (nSPS) is 11.7. The van der Waals surface area contributed by atoms with E-state index in [1.54, 1.807) is 20.8 Å². The average Bonchev–Trinajstić information content (AvgIpc) is 2.40. The Morgan fingerprint density at radius 2 is 1.84 bits per heavy atom. The minimum Gasteiger partial charge on any atom is -0.367 e. The second kappa shape index (κ2) is 6.57. The van der Waals surface area contributed by atoms with Crippen LogP contribution in [-0.4, -0.2) is 18.0 Å². The predicted molar refractivity (Wildman–Crippen MR) is 73.3 cm³/mol. The van der Waals surface area contributed by atoms with Gasteiger partial charge in [0.1, 0.15) is 11.4 Å². The van der Waals surface area contributed by atoms with E-state index in [4.69, 9.17) is 4.74 Å². The van der Waals surface area contributed by atoms with Gasteiger partial charge in [0.25, 0.3) is 0 Å². The first-order valence-electron chi connectivity index (χ1n) is 6.25. The fourth-order valence-corrected chi connectivity index (χ4v) is 2.41. The molecule has 0 heterocycles. The molecule has 106 valence electrons. The molecule has 0 saturated carbocycles. The summed E-state index contributed by atoms with van der Waals surface area (Å²) in [5.74, 6) is -2.39. The number of ether oxygens (including phenoxy) is 1. The van der Waals surface area contributed by atoms with E-state index in [0.717, 1.165) is 6.07 Å². The van der Waals surface area contributed by atoms with Crippen molar-refractivity contribution in [3.8, 4) is 0 Å². The van der Waals surface area contributed by atoms with Crippen molar-refractivity contribution >= 4 is 21.7 Å². The number of hydrogen-bond acceptors (Lipinski definition) is 2. The van der Waals surface area contributed by atoms with E-state index in [1.165, 1.54) is 6.07 Å². The molecule has 0 fully saturated rings. The average molecular weight is 335 g/mol. The molecular weight excluding hydrogens is 318 g/mol. The summed E-state index contributed by atoms with van der Waals surface area (Å²) in [7, 11) is 0. The van der Waals surface area contributed by atoms with Crippen molar-refractivity contribution in [2.45, 2.75) is 39.2 Å². The Balaban J connectivity index is 3.36. The van der Waals surface area contributed by atoms with Crippen LogP contribution in [0.15, 0.2) is 16.6 Å². The quantitative estimate of drug-likeness (QED) is 0.565. The SMILES string of the molecule is CCOC(CC)(CC)C(=O)c1c(F)ccc(Br)c1F. The van der Waals surface area contributed by atoms with Gasteiger partial charge in [0.15, 0.2) is 5.82 Å². The third-order valence-electron chi connectivity index (χ3n) is 3.25. The number of hydrogen-bond donors (Lipinski definition) is 0. The lowest BCUT2D eigenvalue weighted by Crippen LogP contribution is -2.41. The minimum atomic E-state index is -1.17. The van der Waals surface area contributed by atoms with Gasteiger partial charge in [-0.25, -0.2) is 8.78 Å². The maximum absolute atomic E-state index is 14.0. The van der Waals surface area contributed by atoms with Gasteiger partial charge in [0.2, 0.25) is 5.78 Å². The van der Waals surface area contributed by atoms with Crippen LogP contribution in [-0.2, 0) is 4.74 Å². The molecule has 0 aliphatic heterocycles.